The molecule has 0 aromatic heterocycles. The van der Waals surface area contributed by atoms with Gasteiger partial charge in [-0.3, -0.25) is 0 Å². The molecule has 1 aromatic carbocycles. The van der Waals surface area contributed by atoms with Gasteiger partial charge in [0.1, 0.15) is 5.75 Å². The van der Waals surface area contributed by atoms with Gasteiger partial charge < -0.3 is 15.2 Å². The first-order chi connectivity index (χ1) is 8.24. The summed E-state index contributed by atoms with van der Waals surface area (Å²) in [6, 6.07) is 4.03. The van der Waals surface area contributed by atoms with Crippen molar-refractivity contribution in [3.8, 4) is 5.75 Å². The molecule has 18 heavy (non-hydrogen) atoms. The lowest BCUT2D eigenvalue weighted by molar-refractivity contribution is 0.159. The van der Waals surface area contributed by atoms with E-state index in [0.29, 0.717) is 6.54 Å². The fourth-order valence-electron chi connectivity index (χ4n) is 2.04. The molecule has 102 valence electrons. The number of aryl methyl sites for hydroxylation is 2. The van der Waals surface area contributed by atoms with Crippen LogP contribution in [0.25, 0.3) is 0 Å². The largest absolute Gasteiger partial charge is 0.496 e. The van der Waals surface area contributed by atoms with Gasteiger partial charge in [-0.05, 0) is 51.8 Å². The first-order valence-corrected chi connectivity index (χ1v) is 6.33. The molecular weight excluding hydrogens is 226 g/mol. The molecule has 0 aliphatic rings. The van der Waals surface area contributed by atoms with Crippen LogP contribution < -0.4 is 10.1 Å². The van der Waals surface area contributed by atoms with Gasteiger partial charge in [0.25, 0.3) is 0 Å². The Morgan fingerprint density at radius 1 is 1.28 bits per heavy atom. The van der Waals surface area contributed by atoms with Gasteiger partial charge in [0.2, 0.25) is 0 Å². The lowest BCUT2D eigenvalue weighted by Crippen LogP contribution is -2.38. The minimum atomic E-state index is -0.556. The average molecular weight is 251 g/mol. The van der Waals surface area contributed by atoms with Crippen molar-refractivity contribution in [3.63, 3.8) is 0 Å². The maximum absolute atomic E-state index is 10.3. The Balaban J connectivity index is 2.94. The van der Waals surface area contributed by atoms with E-state index in [2.05, 4.69) is 32.2 Å². The quantitative estimate of drug-likeness (QED) is 0.864. The monoisotopic (exact) mass is 251 g/mol. The zero-order chi connectivity index (χ0) is 13.9. The van der Waals surface area contributed by atoms with Crippen LogP contribution in [-0.2, 0) is 0 Å². The summed E-state index contributed by atoms with van der Waals surface area (Å²) in [4.78, 5) is 0. The van der Waals surface area contributed by atoms with Crippen LogP contribution in [0.15, 0.2) is 12.1 Å². The highest BCUT2D eigenvalue weighted by Gasteiger charge is 2.19. The number of ether oxygens (including phenoxy) is 1. The summed E-state index contributed by atoms with van der Waals surface area (Å²) in [5.41, 5.74) is 3.08. The van der Waals surface area contributed by atoms with Crippen molar-refractivity contribution in [1.82, 2.24) is 5.32 Å². The molecule has 0 radical (unpaired) electrons. The van der Waals surface area contributed by atoms with E-state index in [1.807, 2.05) is 19.9 Å². The van der Waals surface area contributed by atoms with Crippen molar-refractivity contribution in [3.05, 3.63) is 28.8 Å². The van der Waals surface area contributed by atoms with Crippen molar-refractivity contribution < 1.29 is 9.84 Å². The number of β-amino-alcohol motifs (C(OH)–C–C–N with tert-alkyl or cyclic N) is 1. The van der Waals surface area contributed by atoms with E-state index in [-0.39, 0.29) is 5.54 Å². The van der Waals surface area contributed by atoms with Crippen molar-refractivity contribution in [2.45, 2.75) is 46.3 Å². The Labute approximate surface area is 110 Å². The predicted molar refractivity (Wildman–Crippen MR) is 75.2 cm³/mol. The van der Waals surface area contributed by atoms with Gasteiger partial charge in [0.15, 0.2) is 0 Å². The Morgan fingerprint density at radius 2 is 1.89 bits per heavy atom. The smallest absolute Gasteiger partial charge is 0.125 e. The van der Waals surface area contributed by atoms with Crippen LogP contribution in [0, 0.1) is 13.8 Å². The normalized spacial score (nSPS) is 13.5. The minimum absolute atomic E-state index is 0.00713. The number of benzene rings is 1. The fourth-order valence-corrected chi connectivity index (χ4v) is 2.04. The van der Waals surface area contributed by atoms with E-state index in [4.69, 9.17) is 4.74 Å². The number of hydrogen-bond acceptors (Lipinski definition) is 3. The van der Waals surface area contributed by atoms with E-state index in [0.717, 1.165) is 22.4 Å². The molecule has 0 bridgehead atoms. The second-order valence-electron chi connectivity index (χ2n) is 5.84. The molecule has 1 aromatic rings. The van der Waals surface area contributed by atoms with Gasteiger partial charge in [-0.25, -0.2) is 0 Å². The molecule has 0 saturated heterocycles. The number of rotatable bonds is 4. The molecular formula is C15H25NO2. The molecule has 0 spiro atoms. The Bertz CT molecular complexity index is 408. The van der Waals surface area contributed by atoms with Crippen LogP contribution in [-0.4, -0.2) is 24.3 Å². The Kier molecular flexibility index (Phi) is 4.77. The van der Waals surface area contributed by atoms with Crippen molar-refractivity contribution in [2.75, 3.05) is 13.7 Å². The molecule has 0 amide bonds. The summed E-state index contributed by atoms with van der Waals surface area (Å²) in [7, 11) is 1.64. The second kappa shape index (κ2) is 5.72. The number of aliphatic hydroxyl groups is 1. The fraction of sp³-hybridized carbons (Fsp3) is 0.600. The van der Waals surface area contributed by atoms with Gasteiger partial charge >= 0.3 is 0 Å². The Morgan fingerprint density at radius 3 is 2.39 bits per heavy atom. The SMILES string of the molecule is COc1cc(C)cc(C)c1C(O)CNC(C)(C)C. The van der Waals surface area contributed by atoms with Gasteiger partial charge in [0, 0.05) is 17.6 Å². The average Bonchev–Trinajstić information content (AvgIpc) is 2.23. The third kappa shape index (κ3) is 4.00. The lowest BCUT2D eigenvalue weighted by atomic mass is 9.98. The molecule has 0 aliphatic heterocycles. The van der Waals surface area contributed by atoms with Gasteiger partial charge in [-0.15, -0.1) is 0 Å². The van der Waals surface area contributed by atoms with Crippen LogP contribution in [0.3, 0.4) is 0 Å². The van der Waals surface area contributed by atoms with Crippen molar-refractivity contribution in [1.29, 1.82) is 0 Å². The standard InChI is InChI=1S/C15H25NO2/c1-10-7-11(2)14(13(8-10)18-6)12(17)9-16-15(3,4)5/h7-8,12,16-17H,9H2,1-6H3. The van der Waals surface area contributed by atoms with Gasteiger partial charge in [-0.1, -0.05) is 6.07 Å². The summed E-state index contributed by atoms with van der Waals surface area (Å²) in [6.07, 6.45) is -0.556. The highest BCUT2D eigenvalue weighted by molar-refractivity contribution is 5.44. The lowest BCUT2D eigenvalue weighted by Gasteiger charge is -2.25. The third-order valence-electron chi connectivity index (χ3n) is 2.87. The van der Waals surface area contributed by atoms with Crippen LogP contribution >= 0.6 is 0 Å². The topological polar surface area (TPSA) is 41.5 Å². The van der Waals surface area contributed by atoms with Gasteiger partial charge in [0.05, 0.1) is 13.2 Å². The molecule has 2 N–H and O–H groups in total. The number of methoxy groups -OCH3 is 1. The molecule has 3 nitrogen and oxygen atoms in total. The maximum Gasteiger partial charge on any atom is 0.125 e. The molecule has 3 heteroatoms. The zero-order valence-electron chi connectivity index (χ0n) is 12.3. The number of hydrogen-bond donors (Lipinski definition) is 2. The number of nitrogens with one attached hydrogen (secondary N) is 1. The summed E-state index contributed by atoms with van der Waals surface area (Å²) in [5, 5.41) is 13.6. The minimum Gasteiger partial charge on any atom is -0.496 e. The molecule has 0 saturated carbocycles. The zero-order valence-corrected chi connectivity index (χ0v) is 12.3. The van der Waals surface area contributed by atoms with Crippen LogP contribution in [0.1, 0.15) is 43.6 Å². The molecule has 0 fully saturated rings. The number of aliphatic hydroxyl groups excluding tert-OH is 1. The van der Waals surface area contributed by atoms with E-state index in [1.54, 1.807) is 7.11 Å². The summed E-state index contributed by atoms with van der Waals surface area (Å²) >= 11 is 0. The first kappa shape index (κ1) is 15.0. The summed E-state index contributed by atoms with van der Waals surface area (Å²) < 4.78 is 5.37. The third-order valence-corrected chi connectivity index (χ3v) is 2.87. The molecule has 1 rings (SSSR count). The maximum atomic E-state index is 10.3. The second-order valence-corrected chi connectivity index (χ2v) is 5.84. The van der Waals surface area contributed by atoms with E-state index < -0.39 is 6.10 Å². The molecule has 1 unspecified atom stereocenters. The van der Waals surface area contributed by atoms with Crippen molar-refractivity contribution >= 4 is 0 Å². The first-order valence-electron chi connectivity index (χ1n) is 6.33. The van der Waals surface area contributed by atoms with E-state index in [9.17, 15) is 5.11 Å². The Hall–Kier alpha value is -1.06. The van der Waals surface area contributed by atoms with Crippen LogP contribution in [0.5, 0.6) is 5.75 Å². The van der Waals surface area contributed by atoms with Crippen LogP contribution in [0.4, 0.5) is 0 Å². The predicted octanol–water partition coefficient (Wildman–Crippen LogP) is 2.73. The summed E-state index contributed by atoms with van der Waals surface area (Å²) in [6.45, 7) is 10.8. The highest BCUT2D eigenvalue weighted by atomic mass is 16.5. The van der Waals surface area contributed by atoms with E-state index in [1.165, 1.54) is 0 Å². The summed E-state index contributed by atoms with van der Waals surface area (Å²) in [5.74, 6) is 0.760. The molecule has 0 heterocycles. The van der Waals surface area contributed by atoms with Crippen LogP contribution in [0.2, 0.25) is 0 Å². The van der Waals surface area contributed by atoms with E-state index >= 15 is 0 Å². The highest BCUT2D eigenvalue weighted by Crippen LogP contribution is 2.30. The van der Waals surface area contributed by atoms with Crippen molar-refractivity contribution in [2.24, 2.45) is 0 Å². The molecule has 1 atom stereocenters. The van der Waals surface area contributed by atoms with Gasteiger partial charge in [-0.2, -0.15) is 0 Å². The molecule has 0 aliphatic carbocycles.